The number of pyridine rings is 1. The molecule has 0 saturated carbocycles. The zero-order valence-corrected chi connectivity index (χ0v) is 14.9. The van der Waals surface area contributed by atoms with E-state index in [0.717, 1.165) is 22.8 Å². The van der Waals surface area contributed by atoms with Crippen LogP contribution >= 0.6 is 11.6 Å². The van der Waals surface area contributed by atoms with Crippen molar-refractivity contribution in [1.82, 2.24) is 14.5 Å². The normalized spacial score (nSPS) is 11.5. The SMILES string of the molecule is N=Cn1c(N)nc(-c2ccc(F)cc2F)c(-c2cc(Cl)nc(C(F)(F)F)c2)c1=N. The molecule has 0 saturated heterocycles. The highest BCUT2D eigenvalue weighted by Crippen LogP contribution is 2.35. The summed E-state index contributed by atoms with van der Waals surface area (Å²) in [5.41, 5.74) is 2.60. The number of anilines is 1. The van der Waals surface area contributed by atoms with E-state index >= 15 is 0 Å². The fourth-order valence-electron chi connectivity index (χ4n) is 2.64. The maximum Gasteiger partial charge on any atom is 0.433 e. The molecule has 0 aliphatic rings. The summed E-state index contributed by atoms with van der Waals surface area (Å²) in [6.45, 7) is 0. The van der Waals surface area contributed by atoms with Crippen LogP contribution in [0, 0.1) is 22.5 Å². The van der Waals surface area contributed by atoms with Gasteiger partial charge < -0.3 is 5.73 Å². The highest BCUT2D eigenvalue weighted by molar-refractivity contribution is 6.29. The van der Waals surface area contributed by atoms with Gasteiger partial charge in [0.05, 0.1) is 17.6 Å². The second-order valence-electron chi connectivity index (χ2n) is 5.73. The number of nitrogens with one attached hydrogen (secondary N) is 2. The summed E-state index contributed by atoms with van der Waals surface area (Å²) in [5, 5.41) is 15.1. The topological polar surface area (TPSA) is 104 Å². The number of halogens is 6. The van der Waals surface area contributed by atoms with Gasteiger partial charge in [-0.05, 0) is 29.8 Å². The van der Waals surface area contributed by atoms with E-state index in [-0.39, 0.29) is 22.4 Å². The zero-order chi connectivity index (χ0) is 21.5. The lowest BCUT2D eigenvalue weighted by Crippen LogP contribution is -2.26. The van der Waals surface area contributed by atoms with Crippen LogP contribution < -0.4 is 11.2 Å². The van der Waals surface area contributed by atoms with E-state index in [0.29, 0.717) is 18.5 Å². The molecule has 3 rings (SSSR count). The lowest BCUT2D eigenvalue weighted by atomic mass is 9.99. The Kier molecular flexibility index (Phi) is 5.09. The van der Waals surface area contributed by atoms with Crippen LogP contribution in [-0.2, 0) is 6.18 Å². The van der Waals surface area contributed by atoms with Crippen molar-refractivity contribution in [3.05, 3.63) is 58.3 Å². The molecule has 0 fully saturated rings. The average Bonchev–Trinajstić information content (AvgIpc) is 2.60. The van der Waals surface area contributed by atoms with E-state index < -0.39 is 40.1 Å². The van der Waals surface area contributed by atoms with Gasteiger partial charge in [0.15, 0.2) is 0 Å². The first-order valence-corrected chi connectivity index (χ1v) is 8.08. The van der Waals surface area contributed by atoms with Gasteiger partial charge in [-0.3, -0.25) is 15.4 Å². The number of hydrogen-bond donors (Lipinski definition) is 3. The Bertz CT molecular complexity index is 1190. The molecule has 4 N–H and O–H groups in total. The predicted molar refractivity (Wildman–Crippen MR) is 95.3 cm³/mol. The summed E-state index contributed by atoms with van der Waals surface area (Å²) >= 11 is 5.72. The fraction of sp³-hybridized carbons (Fsp3) is 0.0588. The van der Waals surface area contributed by atoms with Gasteiger partial charge in [0, 0.05) is 11.6 Å². The quantitative estimate of drug-likeness (QED) is 0.253. The number of nitrogens with two attached hydrogens (primary N) is 1. The number of alkyl halides is 3. The third-order valence-corrected chi connectivity index (χ3v) is 4.07. The Labute approximate surface area is 164 Å². The van der Waals surface area contributed by atoms with E-state index in [1.807, 2.05) is 0 Å². The molecule has 0 unspecified atom stereocenters. The summed E-state index contributed by atoms with van der Waals surface area (Å²) in [6, 6.07) is 4.12. The minimum atomic E-state index is -4.85. The van der Waals surface area contributed by atoms with Gasteiger partial charge in [0.25, 0.3) is 0 Å². The van der Waals surface area contributed by atoms with E-state index in [4.69, 9.17) is 28.2 Å². The molecule has 6 nitrogen and oxygen atoms in total. The van der Waals surface area contributed by atoms with Crippen molar-refractivity contribution in [3.8, 4) is 22.4 Å². The van der Waals surface area contributed by atoms with Crippen molar-refractivity contribution in [3.63, 3.8) is 0 Å². The summed E-state index contributed by atoms with van der Waals surface area (Å²) in [4.78, 5) is 7.14. The number of aromatic nitrogens is 3. The van der Waals surface area contributed by atoms with Gasteiger partial charge in [-0.1, -0.05) is 11.6 Å². The van der Waals surface area contributed by atoms with Crippen LogP contribution in [0.15, 0.2) is 30.3 Å². The maximum absolute atomic E-state index is 14.4. The standard InChI is InChI=1S/C17H10ClF5N6/c18-12-4-7(3-11(27-12)17(21,22)23)13-14(9-2-1-8(19)5-10(9)20)28-16(26)29(6-24)15(13)25/h1-6,24-25H,(H2,26,28). The van der Waals surface area contributed by atoms with E-state index in [9.17, 15) is 22.0 Å². The number of hydrogen-bond acceptors (Lipinski definition) is 5. The van der Waals surface area contributed by atoms with Gasteiger partial charge in [0.2, 0.25) is 5.95 Å². The number of nitrogen functional groups attached to an aromatic ring is 1. The Balaban J connectivity index is 2.44. The predicted octanol–water partition coefficient (Wildman–Crippen LogP) is 4.08. The summed E-state index contributed by atoms with van der Waals surface area (Å²) in [5.74, 6) is -2.35. The lowest BCUT2D eigenvalue weighted by Gasteiger charge is -2.16. The smallest absolute Gasteiger partial charge is 0.369 e. The molecule has 3 aromatic rings. The molecule has 1 aromatic carbocycles. The first-order valence-electron chi connectivity index (χ1n) is 7.70. The Morgan fingerprint density at radius 3 is 2.38 bits per heavy atom. The van der Waals surface area contributed by atoms with Crippen LogP contribution in [0.5, 0.6) is 0 Å². The summed E-state index contributed by atoms with van der Waals surface area (Å²) < 4.78 is 67.9. The first kappa shape index (κ1) is 20.4. The molecule has 0 amide bonds. The molecule has 150 valence electrons. The number of nitrogens with zero attached hydrogens (tertiary/aromatic N) is 3. The Morgan fingerprint density at radius 1 is 1.10 bits per heavy atom. The van der Waals surface area contributed by atoms with Crippen LogP contribution in [0.25, 0.3) is 22.4 Å². The largest absolute Gasteiger partial charge is 0.433 e. The maximum atomic E-state index is 14.4. The average molecular weight is 429 g/mol. The van der Waals surface area contributed by atoms with Crippen molar-refractivity contribution < 1.29 is 22.0 Å². The third kappa shape index (κ3) is 3.81. The monoisotopic (exact) mass is 428 g/mol. The molecule has 0 aliphatic heterocycles. The van der Waals surface area contributed by atoms with Crippen LogP contribution in [0.2, 0.25) is 5.15 Å². The molecule has 2 aromatic heterocycles. The zero-order valence-electron chi connectivity index (χ0n) is 14.2. The Hall–Kier alpha value is -3.34. The van der Waals surface area contributed by atoms with E-state index in [1.165, 1.54) is 0 Å². The van der Waals surface area contributed by atoms with Gasteiger partial charge >= 0.3 is 6.18 Å². The van der Waals surface area contributed by atoms with Crippen molar-refractivity contribution in [1.29, 1.82) is 10.8 Å². The highest BCUT2D eigenvalue weighted by atomic mass is 35.5. The fourth-order valence-corrected chi connectivity index (χ4v) is 2.85. The molecule has 2 heterocycles. The lowest BCUT2D eigenvalue weighted by molar-refractivity contribution is -0.141. The van der Waals surface area contributed by atoms with Gasteiger partial charge in [-0.2, -0.15) is 13.2 Å². The minimum absolute atomic E-state index is 0.260. The van der Waals surface area contributed by atoms with Crippen molar-refractivity contribution in [2.45, 2.75) is 6.18 Å². The molecule has 0 atom stereocenters. The van der Waals surface area contributed by atoms with E-state index in [2.05, 4.69) is 9.97 Å². The van der Waals surface area contributed by atoms with Crippen LogP contribution in [-0.4, -0.2) is 20.9 Å². The van der Waals surface area contributed by atoms with Gasteiger partial charge in [-0.15, -0.1) is 0 Å². The molecule has 0 bridgehead atoms. The van der Waals surface area contributed by atoms with Crippen molar-refractivity contribution in [2.24, 2.45) is 0 Å². The van der Waals surface area contributed by atoms with Crippen molar-refractivity contribution in [2.75, 3.05) is 5.73 Å². The van der Waals surface area contributed by atoms with E-state index in [1.54, 1.807) is 0 Å². The molecular weight excluding hydrogens is 419 g/mol. The van der Waals surface area contributed by atoms with Crippen LogP contribution in [0.3, 0.4) is 0 Å². The highest BCUT2D eigenvalue weighted by Gasteiger charge is 2.34. The van der Waals surface area contributed by atoms with Gasteiger partial charge in [0.1, 0.15) is 28.0 Å². The minimum Gasteiger partial charge on any atom is -0.369 e. The molecule has 0 radical (unpaired) electrons. The second kappa shape index (κ2) is 7.24. The number of rotatable bonds is 3. The third-order valence-electron chi connectivity index (χ3n) is 3.88. The molecule has 0 spiro atoms. The summed E-state index contributed by atoms with van der Waals surface area (Å²) in [6.07, 6.45) is -4.23. The van der Waals surface area contributed by atoms with Gasteiger partial charge in [-0.25, -0.2) is 18.7 Å². The molecular formula is C17H10ClF5N6. The Morgan fingerprint density at radius 2 is 1.79 bits per heavy atom. The molecule has 29 heavy (non-hydrogen) atoms. The van der Waals surface area contributed by atoms with Crippen LogP contribution in [0.4, 0.5) is 27.9 Å². The first-order chi connectivity index (χ1) is 13.5. The summed E-state index contributed by atoms with van der Waals surface area (Å²) in [7, 11) is 0. The number of benzene rings is 1. The van der Waals surface area contributed by atoms with Crippen molar-refractivity contribution >= 4 is 23.9 Å². The molecule has 12 heteroatoms. The van der Waals surface area contributed by atoms with Crippen LogP contribution in [0.1, 0.15) is 5.69 Å². The molecule has 0 aliphatic carbocycles. The second-order valence-corrected chi connectivity index (χ2v) is 6.11.